The van der Waals surface area contributed by atoms with Crippen molar-refractivity contribution in [2.24, 2.45) is 0 Å². The van der Waals surface area contributed by atoms with Crippen molar-refractivity contribution < 1.29 is 37.5 Å². The van der Waals surface area contributed by atoms with Crippen LogP contribution in [0.15, 0.2) is 0 Å². The number of hydrogen-bond donors (Lipinski definition) is 3. The SMILES string of the molecule is CCS(=O)(=O)N[C@H]1CCC(=O)N2CCCC(C(=O)NC(C=O)CC(=O)O)N2C1=O. The van der Waals surface area contributed by atoms with Crippen LogP contribution in [0, 0.1) is 0 Å². The second-order valence-corrected chi connectivity index (χ2v) is 8.86. The first-order chi connectivity index (χ1) is 13.6. The predicted octanol–water partition coefficient (Wildman–Crippen LogP) is -2.02. The molecule has 3 amide bonds. The number of sulfonamides is 1. The third-order valence-electron chi connectivity index (χ3n) is 4.75. The normalized spacial score (nSPS) is 23.8. The number of fused-ring (bicyclic) bond motifs is 1. The molecule has 0 spiro atoms. The first-order valence-electron chi connectivity index (χ1n) is 9.20. The number of amides is 3. The largest absolute Gasteiger partial charge is 0.481 e. The Bertz CT molecular complexity index is 799. The number of carboxylic acids is 1. The molecule has 2 fully saturated rings. The number of carboxylic acid groups (broad SMARTS) is 1. The first kappa shape index (κ1) is 22.7. The van der Waals surface area contributed by atoms with Crippen LogP contribution in [0.2, 0.25) is 0 Å². The van der Waals surface area contributed by atoms with Gasteiger partial charge in [-0.3, -0.25) is 24.2 Å². The predicted molar refractivity (Wildman–Crippen MR) is 97.4 cm³/mol. The fourth-order valence-corrected chi connectivity index (χ4v) is 4.10. The van der Waals surface area contributed by atoms with E-state index in [9.17, 15) is 32.4 Å². The molecule has 0 aromatic carbocycles. The Labute approximate surface area is 167 Å². The monoisotopic (exact) mass is 432 g/mol. The summed E-state index contributed by atoms with van der Waals surface area (Å²) in [6, 6.07) is -3.66. The van der Waals surface area contributed by atoms with Crippen LogP contribution in [0.4, 0.5) is 0 Å². The maximum atomic E-state index is 13.0. The number of nitrogens with zero attached hydrogens (tertiary/aromatic N) is 2. The number of hydrogen-bond acceptors (Lipinski definition) is 7. The van der Waals surface area contributed by atoms with Crippen molar-refractivity contribution in [3.8, 4) is 0 Å². The lowest BCUT2D eigenvalue weighted by atomic mass is 10.1. The second kappa shape index (κ2) is 9.31. The van der Waals surface area contributed by atoms with Crippen LogP contribution in [0.5, 0.6) is 0 Å². The molecular weight excluding hydrogens is 408 g/mol. The van der Waals surface area contributed by atoms with Crippen LogP contribution < -0.4 is 10.0 Å². The molecule has 0 aliphatic carbocycles. The maximum absolute atomic E-state index is 13.0. The Hall–Kier alpha value is -2.54. The second-order valence-electron chi connectivity index (χ2n) is 6.82. The van der Waals surface area contributed by atoms with E-state index in [-0.39, 0.29) is 37.8 Å². The summed E-state index contributed by atoms with van der Waals surface area (Å²) >= 11 is 0. The zero-order chi connectivity index (χ0) is 21.8. The molecule has 2 heterocycles. The molecule has 0 radical (unpaired) electrons. The number of carbonyl (C=O) groups is 5. The van der Waals surface area contributed by atoms with Gasteiger partial charge in [0.25, 0.3) is 5.91 Å². The molecular formula is C16H24N4O8S. The lowest BCUT2D eigenvalue weighted by Gasteiger charge is -2.43. The van der Waals surface area contributed by atoms with Crippen molar-refractivity contribution in [3.63, 3.8) is 0 Å². The summed E-state index contributed by atoms with van der Waals surface area (Å²) in [4.78, 5) is 60.0. The third-order valence-corrected chi connectivity index (χ3v) is 6.16. The number of carbonyl (C=O) groups excluding carboxylic acids is 4. The van der Waals surface area contributed by atoms with Gasteiger partial charge in [-0.2, -0.15) is 0 Å². The van der Waals surface area contributed by atoms with Crippen molar-refractivity contribution in [1.29, 1.82) is 0 Å². The zero-order valence-corrected chi connectivity index (χ0v) is 16.7. The van der Waals surface area contributed by atoms with Crippen molar-refractivity contribution in [2.45, 2.75) is 57.2 Å². The van der Waals surface area contributed by atoms with Gasteiger partial charge in [0.15, 0.2) is 0 Å². The lowest BCUT2D eigenvalue weighted by molar-refractivity contribution is -0.176. The van der Waals surface area contributed by atoms with E-state index in [0.29, 0.717) is 6.42 Å². The van der Waals surface area contributed by atoms with Crippen LogP contribution >= 0.6 is 0 Å². The smallest absolute Gasteiger partial charge is 0.305 e. The summed E-state index contributed by atoms with van der Waals surface area (Å²) < 4.78 is 26.1. The average molecular weight is 432 g/mol. The van der Waals surface area contributed by atoms with Gasteiger partial charge in [0.1, 0.15) is 18.4 Å². The van der Waals surface area contributed by atoms with E-state index >= 15 is 0 Å². The highest BCUT2D eigenvalue weighted by molar-refractivity contribution is 7.89. The minimum absolute atomic E-state index is 0.0474. The van der Waals surface area contributed by atoms with Gasteiger partial charge in [-0.15, -0.1) is 0 Å². The van der Waals surface area contributed by atoms with E-state index in [1.807, 2.05) is 0 Å². The molecule has 13 heteroatoms. The molecule has 2 unspecified atom stereocenters. The molecule has 3 N–H and O–H groups in total. The molecule has 162 valence electrons. The molecule has 2 rings (SSSR count). The van der Waals surface area contributed by atoms with Crippen LogP contribution in [0.3, 0.4) is 0 Å². The van der Waals surface area contributed by atoms with Gasteiger partial charge in [0.2, 0.25) is 21.8 Å². The van der Waals surface area contributed by atoms with E-state index in [4.69, 9.17) is 5.11 Å². The minimum Gasteiger partial charge on any atom is -0.481 e. The summed E-state index contributed by atoms with van der Waals surface area (Å²) in [5.41, 5.74) is 0. The van der Waals surface area contributed by atoms with Gasteiger partial charge < -0.3 is 15.2 Å². The third kappa shape index (κ3) is 5.50. The Balaban J connectivity index is 2.28. The Morgan fingerprint density at radius 1 is 1.31 bits per heavy atom. The molecule has 0 aromatic rings. The number of rotatable bonds is 8. The van der Waals surface area contributed by atoms with Crippen molar-refractivity contribution in [1.82, 2.24) is 20.1 Å². The summed E-state index contributed by atoms with van der Waals surface area (Å²) in [6.07, 6.45) is 0.103. The molecule has 2 aliphatic heterocycles. The van der Waals surface area contributed by atoms with Gasteiger partial charge in [0, 0.05) is 13.0 Å². The highest BCUT2D eigenvalue weighted by atomic mass is 32.2. The molecule has 3 atom stereocenters. The fourth-order valence-electron chi connectivity index (χ4n) is 3.28. The number of aliphatic carboxylic acids is 1. The topological polar surface area (TPSA) is 170 Å². The lowest BCUT2D eigenvalue weighted by Crippen LogP contribution is -2.64. The Morgan fingerprint density at radius 3 is 2.59 bits per heavy atom. The van der Waals surface area contributed by atoms with Gasteiger partial charge in [-0.25, -0.2) is 18.1 Å². The Kier molecular flexibility index (Phi) is 7.30. The van der Waals surface area contributed by atoms with Crippen molar-refractivity contribution in [3.05, 3.63) is 0 Å². The fraction of sp³-hybridized carbons (Fsp3) is 0.688. The quantitative estimate of drug-likeness (QED) is 0.369. The van der Waals surface area contributed by atoms with E-state index in [2.05, 4.69) is 10.0 Å². The standard InChI is InChI=1S/C16H24N4O8S/c1-2-29(27,28)18-11-5-6-13(22)19-7-3-4-12(20(19)16(11)26)15(25)17-10(9-21)8-14(23)24/h9-12,18H,2-8H2,1H3,(H,17,25)(H,23,24)/t10?,11-,12?/m0/s1. The summed E-state index contributed by atoms with van der Waals surface area (Å²) in [7, 11) is -3.74. The summed E-state index contributed by atoms with van der Waals surface area (Å²) in [6.45, 7) is 1.59. The highest BCUT2D eigenvalue weighted by Crippen LogP contribution is 2.25. The van der Waals surface area contributed by atoms with Crippen molar-refractivity contribution in [2.75, 3.05) is 12.3 Å². The summed E-state index contributed by atoms with van der Waals surface area (Å²) in [5.74, 6) is -3.50. The van der Waals surface area contributed by atoms with Crippen LogP contribution in [0.25, 0.3) is 0 Å². The van der Waals surface area contributed by atoms with E-state index in [1.165, 1.54) is 6.92 Å². The minimum atomic E-state index is -3.74. The van der Waals surface area contributed by atoms with Crippen LogP contribution in [-0.2, 0) is 34.0 Å². The van der Waals surface area contributed by atoms with E-state index in [0.717, 1.165) is 10.0 Å². The molecule has 12 nitrogen and oxygen atoms in total. The summed E-state index contributed by atoms with van der Waals surface area (Å²) in [5, 5.41) is 13.2. The number of nitrogens with one attached hydrogen (secondary N) is 2. The van der Waals surface area contributed by atoms with E-state index in [1.54, 1.807) is 0 Å². The molecule has 2 aliphatic rings. The Morgan fingerprint density at radius 2 is 2.00 bits per heavy atom. The number of hydrazine groups is 1. The van der Waals surface area contributed by atoms with Gasteiger partial charge in [0.05, 0.1) is 18.2 Å². The van der Waals surface area contributed by atoms with Crippen LogP contribution in [0.1, 0.15) is 39.0 Å². The van der Waals surface area contributed by atoms with Gasteiger partial charge >= 0.3 is 5.97 Å². The maximum Gasteiger partial charge on any atom is 0.305 e. The van der Waals surface area contributed by atoms with E-state index < -0.39 is 58.3 Å². The van der Waals surface area contributed by atoms with Gasteiger partial charge in [-0.1, -0.05) is 0 Å². The van der Waals surface area contributed by atoms with Crippen LogP contribution in [-0.4, -0.2) is 83.9 Å². The molecule has 29 heavy (non-hydrogen) atoms. The highest BCUT2D eigenvalue weighted by Gasteiger charge is 2.45. The molecule has 0 aromatic heterocycles. The molecule has 0 saturated carbocycles. The average Bonchev–Trinajstić information content (AvgIpc) is 2.79. The number of aldehydes is 1. The van der Waals surface area contributed by atoms with Gasteiger partial charge in [-0.05, 0) is 26.2 Å². The zero-order valence-electron chi connectivity index (χ0n) is 15.9. The first-order valence-corrected chi connectivity index (χ1v) is 10.9. The van der Waals surface area contributed by atoms with Crippen molar-refractivity contribution >= 4 is 40.0 Å². The molecule has 0 bridgehead atoms. The molecule has 2 saturated heterocycles.